The second kappa shape index (κ2) is 7.23. The minimum atomic E-state index is -4.59. The number of ketones is 1. The SMILES string of the molecule is CC.O=C(c1cccc(C(F)(F)F)n1)c1c[nH]c2c1ccc1ccccc12. The van der Waals surface area contributed by atoms with Crippen LogP contribution in [-0.4, -0.2) is 15.8 Å². The topological polar surface area (TPSA) is 45.8 Å². The molecule has 2 aromatic heterocycles. The zero-order valence-corrected chi connectivity index (χ0v) is 14.8. The summed E-state index contributed by atoms with van der Waals surface area (Å²) in [5.41, 5.74) is -0.242. The molecule has 0 saturated heterocycles. The number of carbonyl (C=O) groups excluding carboxylic acids is 1. The van der Waals surface area contributed by atoms with Crippen LogP contribution in [0.15, 0.2) is 60.8 Å². The van der Waals surface area contributed by atoms with E-state index in [0.29, 0.717) is 10.9 Å². The summed E-state index contributed by atoms with van der Waals surface area (Å²) in [5.74, 6) is -0.548. The average molecular weight is 370 g/mol. The molecule has 0 amide bonds. The Hall–Kier alpha value is -3.15. The lowest BCUT2D eigenvalue weighted by atomic mass is 10.0. The molecule has 138 valence electrons. The van der Waals surface area contributed by atoms with E-state index in [4.69, 9.17) is 0 Å². The molecule has 27 heavy (non-hydrogen) atoms. The van der Waals surface area contributed by atoms with Gasteiger partial charge in [0, 0.05) is 22.5 Å². The van der Waals surface area contributed by atoms with Crippen LogP contribution < -0.4 is 0 Å². The number of H-pyrrole nitrogens is 1. The van der Waals surface area contributed by atoms with Crippen molar-refractivity contribution in [3.05, 3.63) is 77.7 Å². The maximum absolute atomic E-state index is 12.8. The van der Waals surface area contributed by atoms with Gasteiger partial charge in [0.05, 0.1) is 5.52 Å². The number of pyridine rings is 1. The Labute approximate surface area is 153 Å². The van der Waals surface area contributed by atoms with Gasteiger partial charge in [0.1, 0.15) is 11.4 Å². The number of halogens is 3. The third-order valence-corrected chi connectivity index (χ3v) is 4.10. The molecular weight excluding hydrogens is 353 g/mol. The van der Waals surface area contributed by atoms with E-state index >= 15 is 0 Å². The van der Waals surface area contributed by atoms with Crippen LogP contribution in [0.1, 0.15) is 35.6 Å². The highest BCUT2D eigenvalue weighted by atomic mass is 19.4. The molecule has 0 unspecified atom stereocenters. The van der Waals surface area contributed by atoms with Crippen molar-refractivity contribution in [2.24, 2.45) is 0 Å². The predicted octanol–water partition coefficient (Wildman–Crippen LogP) is 5.99. The molecule has 0 atom stereocenters. The Kier molecular flexibility index (Phi) is 4.99. The number of alkyl halides is 3. The fraction of sp³-hybridized carbons (Fsp3) is 0.143. The summed E-state index contributed by atoms with van der Waals surface area (Å²) in [4.78, 5) is 19.2. The summed E-state index contributed by atoms with van der Waals surface area (Å²) in [6.07, 6.45) is -3.08. The molecule has 0 aliphatic heterocycles. The maximum Gasteiger partial charge on any atom is 0.433 e. The summed E-state index contributed by atoms with van der Waals surface area (Å²) in [7, 11) is 0. The van der Waals surface area contributed by atoms with Gasteiger partial charge in [-0.1, -0.05) is 56.3 Å². The highest BCUT2D eigenvalue weighted by Crippen LogP contribution is 2.30. The number of hydrogen-bond acceptors (Lipinski definition) is 2. The standard InChI is InChI=1S/C19H11F3N2O.C2H6/c20-19(21,22)16-7-3-6-15(24-16)18(25)14-10-23-17-12-5-2-1-4-11(12)8-9-13(14)17;1-2/h1-10,23H;1-2H3. The van der Waals surface area contributed by atoms with Gasteiger partial charge in [-0.15, -0.1) is 0 Å². The smallest absolute Gasteiger partial charge is 0.360 e. The number of aromatic amines is 1. The van der Waals surface area contributed by atoms with Gasteiger partial charge < -0.3 is 4.98 Å². The van der Waals surface area contributed by atoms with Crippen molar-refractivity contribution in [2.75, 3.05) is 0 Å². The maximum atomic E-state index is 12.8. The lowest BCUT2D eigenvalue weighted by Gasteiger charge is -2.07. The summed E-state index contributed by atoms with van der Waals surface area (Å²) in [5, 5.41) is 2.60. The van der Waals surface area contributed by atoms with E-state index in [1.54, 1.807) is 6.07 Å². The number of nitrogens with zero attached hydrogens (tertiary/aromatic N) is 1. The average Bonchev–Trinajstić information content (AvgIpc) is 3.13. The van der Waals surface area contributed by atoms with E-state index in [-0.39, 0.29) is 5.69 Å². The van der Waals surface area contributed by atoms with Crippen molar-refractivity contribution in [1.29, 1.82) is 0 Å². The van der Waals surface area contributed by atoms with E-state index in [2.05, 4.69) is 9.97 Å². The van der Waals surface area contributed by atoms with Crippen LogP contribution in [-0.2, 0) is 6.18 Å². The largest absolute Gasteiger partial charge is 0.433 e. The molecular formula is C21H17F3N2O. The van der Waals surface area contributed by atoms with Crippen LogP contribution in [0.2, 0.25) is 0 Å². The minimum Gasteiger partial charge on any atom is -0.360 e. The van der Waals surface area contributed by atoms with Crippen molar-refractivity contribution in [1.82, 2.24) is 9.97 Å². The molecule has 0 radical (unpaired) electrons. The van der Waals surface area contributed by atoms with E-state index in [0.717, 1.165) is 22.4 Å². The van der Waals surface area contributed by atoms with Crippen molar-refractivity contribution in [3.63, 3.8) is 0 Å². The molecule has 0 fully saturated rings. The van der Waals surface area contributed by atoms with Gasteiger partial charge in [0.15, 0.2) is 0 Å². The third kappa shape index (κ3) is 3.43. The Morgan fingerprint density at radius 3 is 2.41 bits per heavy atom. The quantitative estimate of drug-likeness (QED) is 0.440. The van der Waals surface area contributed by atoms with E-state index in [1.807, 2.05) is 44.2 Å². The zero-order chi connectivity index (χ0) is 19.6. The lowest BCUT2D eigenvalue weighted by molar-refractivity contribution is -0.141. The summed E-state index contributed by atoms with van der Waals surface area (Å²) < 4.78 is 38.5. The van der Waals surface area contributed by atoms with E-state index < -0.39 is 17.7 Å². The predicted molar refractivity (Wildman–Crippen MR) is 99.8 cm³/mol. The van der Waals surface area contributed by atoms with Crippen LogP contribution >= 0.6 is 0 Å². The van der Waals surface area contributed by atoms with Gasteiger partial charge in [0.25, 0.3) is 0 Å². The highest BCUT2D eigenvalue weighted by molar-refractivity contribution is 6.19. The first-order chi connectivity index (χ1) is 12.9. The molecule has 2 aromatic carbocycles. The number of rotatable bonds is 2. The van der Waals surface area contributed by atoms with Crippen LogP contribution in [0.25, 0.3) is 21.7 Å². The Morgan fingerprint density at radius 1 is 0.926 bits per heavy atom. The molecule has 0 spiro atoms. The second-order valence-corrected chi connectivity index (χ2v) is 5.65. The van der Waals surface area contributed by atoms with Gasteiger partial charge >= 0.3 is 6.18 Å². The first-order valence-electron chi connectivity index (χ1n) is 8.53. The molecule has 0 bridgehead atoms. The number of aromatic nitrogens is 2. The Bertz CT molecular complexity index is 1110. The molecule has 3 nitrogen and oxygen atoms in total. The summed E-state index contributed by atoms with van der Waals surface area (Å²) in [6, 6.07) is 14.7. The number of hydrogen-bond donors (Lipinski definition) is 1. The molecule has 1 N–H and O–H groups in total. The summed E-state index contributed by atoms with van der Waals surface area (Å²) >= 11 is 0. The van der Waals surface area contributed by atoms with Gasteiger partial charge in [-0.2, -0.15) is 13.2 Å². The molecule has 0 saturated carbocycles. The van der Waals surface area contributed by atoms with Crippen molar-refractivity contribution in [2.45, 2.75) is 20.0 Å². The number of benzene rings is 2. The third-order valence-electron chi connectivity index (χ3n) is 4.10. The Morgan fingerprint density at radius 2 is 1.67 bits per heavy atom. The molecule has 4 rings (SSSR count). The molecule has 2 heterocycles. The first kappa shape index (κ1) is 18.6. The second-order valence-electron chi connectivity index (χ2n) is 5.65. The number of nitrogens with one attached hydrogen (secondary N) is 1. The van der Waals surface area contributed by atoms with Crippen LogP contribution in [0, 0.1) is 0 Å². The first-order valence-corrected chi connectivity index (χ1v) is 8.53. The summed E-state index contributed by atoms with van der Waals surface area (Å²) in [6.45, 7) is 4.00. The number of carbonyl (C=O) groups is 1. The minimum absolute atomic E-state index is 0.233. The van der Waals surface area contributed by atoms with Crippen LogP contribution in [0.3, 0.4) is 0 Å². The van der Waals surface area contributed by atoms with Gasteiger partial charge in [-0.25, -0.2) is 4.98 Å². The van der Waals surface area contributed by atoms with Gasteiger partial charge in [0.2, 0.25) is 5.78 Å². The van der Waals surface area contributed by atoms with Gasteiger partial charge in [-0.05, 0) is 17.5 Å². The highest BCUT2D eigenvalue weighted by Gasteiger charge is 2.33. The fourth-order valence-electron chi connectivity index (χ4n) is 2.92. The van der Waals surface area contributed by atoms with Crippen molar-refractivity contribution in [3.8, 4) is 0 Å². The van der Waals surface area contributed by atoms with E-state index in [9.17, 15) is 18.0 Å². The Balaban J connectivity index is 0.00000102. The monoisotopic (exact) mass is 370 g/mol. The van der Waals surface area contributed by atoms with Crippen molar-refractivity contribution >= 4 is 27.5 Å². The van der Waals surface area contributed by atoms with Gasteiger partial charge in [-0.3, -0.25) is 4.79 Å². The number of fused-ring (bicyclic) bond motifs is 3. The zero-order valence-electron chi connectivity index (χ0n) is 14.8. The van der Waals surface area contributed by atoms with Crippen molar-refractivity contribution < 1.29 is 18.0 Å². The molecule has 6 heteroatoms. The van der Waals surface area contributed by atoms with Crippen LogP contribution in [0.5, 0.6) is 0 Å². The molecule has 0 aliphatic carbocycles. The van der Waals surface area contributed by atoms with E-state index in [1.165, 1.54) is 18.3 Å². The van der Waals surface area contributed by atoms with Crippen LogP contribution in [0.4, 0.5) is 13.2 Å². The fourth-order valence-corrected chi connectivity index (χ4v) is 2.92. The molecule has 0 aliphatic rings. The normalized spacial score (nSPS) is 11.3. The molecule has 4 aromatic rings. The lowest BCUT2D eigenvalue weighted by Crippen LogP contribution is -2.12.